The molecule has 0 aromatic heterocycles. The average molecular weight is 439 g/mol. The fourth-order valence-corrected chi connectivity index (χ4v) is 4.11. The van der Waals surface area contributed by atoms with Gasteiger partial charge in [-0.1, -0.05) is 68.8 Å². The lowest BCUT2D eigenvalue weighted by atomic mass is 9.98. The zero-order valence-corrected chi connectivity index (χ0v) is 18.5. The fraction of sp³-hybridized carbons (Fsp3) is 0.400. The first-order valence-electron chi connectivity index (χ1n) is 11.0. The third kappa shape index (κ3) is 5.66. The van der Waals surface area contributed by atoms with Crippen molar-refractivity contribution in [3.8, 4) is 11.1 Å². The van der Waals surface area contributed by atoms with Gasteiger partial charge in [0.05, 0.1) is 0 Å². The van der Waals surface area contributed by atoms with Gasteiger partial charge in [-0.2, -0.15) is 0 Å². The van der Waals surface area contributed by atoms with Gasteiger partial charge < -0.3 is 20.5 Å². The summed E-state index contributed by atoms with van der Waals surface area (Å²) in [6.45, 7) is 4.09. The molecule has 32 heavy (non-hydrogen) atoms. The van der Waals surface area contributed by atoms with Crippen molar-refractivity contribution in [3.05, 3.63) is 59.7 Å². The number of amides is 2. The van der Waals surface area contributed by atoms with Crippen molar-refractivity contribution in [2.75, 3.05) is 13.2 Å². The van der Waals surface area contributed by atoms with Crippen LogP contribution >= 0.6 is 0 Å². The molecule has 0 saturated heterocycles. The Balaban J connectivity index is 1.58. The molecule has 1 unspecified atom stereocenters. The highest BCUT2D eigenvalue weighted by molar-refractivity contribution is 5.85. The number of carboxylic acids is 1. The van der Waals surface area contributed by atoms with Gasteiger partial charge in [0.25, 0.3) is 0 Å². The van der Waals surface area contributed by atoms with Gasteiger partial charge in [0.15, 0.2) is 0 Å². The van der Waals surface area contributed by atoms with E-state index < -0.39 is 18.1 Å². The Morgan fingerprint density at radius 1 is 1.03 bits per heavy atom. The molecule has 1 aliphatic rings. The first kappa shape index (κ1) is 23.3. The number of nitrogens with one attached hydrogen (secondary N) is 2. The van der Waals surface area contributed by atoms with Crippen molar-refractivity contribution < 1.29 is 24.2 Å². The molecule has 3 N–H and O–H groups in total. The first-order chi connectivity index (χ1) is 15.4. The van der Waals surface area contributed by atoms with Crippen LogP contribution in [0.25, 0.3) is 11.1 Å². The van der Waals surface area contributed by atoms with E-state index >= 15 is 0 Å². The Bertz CT molecular complexity index is 929. The van der Waals surface area contributed by atoms with E-state index in [0.717, 1.165) is 22.3 Å². The molecule has 2 atom stereocenters. The monoisotopic (exact) mass is 438 g/mol. The number of hydrogen-bond donors (Lipinski definition) is 3. The molecule has 1 aliphatic carbocycles. The van der Waals surface area contributed by atoms with Crippen molar-refractivity contribution in [1.82, 2.24) is 10.6 Å². The van der Waals surface area contributed by atoms with Crippen LogP contribution in [0, 0.1) is 5.92 Å². The number of aliphatic carboxylic acids is 1. The average Bonchev–Trinajstić information content (AvgIpc) is 3.09. The number of carbonyl (C=O) groups excluding carboxylic acids is 2. The molecule has 0 fully saturated rings. The Labute approximate surface area is 188 Å². The largest absolute Gasteiger partial charge is 0.481 e. The molecule has 7 nitrogen and oxygen atoms in total. The molecule has 0 bridgehead atoms. The molecule has 2 aromatic rings. The van der Waals surface area contributed by atoms with Crippen molar-refractivity contribution >= 4 is 18.0 Å². The van der Waals surface area contributed by atoms with Gasteiger partial charge in [-0.05, 0) is 34.6 Å². The molecule has 0 radical (unpaired) electrons. The highest BCUT2D eigenvalue weighted by atomic mass is 16.5. The van der Waals surface area contributed by atoms with Crippen LogP contribution in [0.5, 0.6) is 0 Å². The molecule has 0 aliphatic heterocycles. The second kappa shape index (κ2) is 10.8. The van der Waals surface area contributed by atoms with E-state index in [9.17, 15) is 14.4 Å². The number of carbonyl (C=O) groups is 3. The molecule has 0 spiro atoms. The van der Waals surface area contributed by atoms with Gasteiger partial charge in [-0.15, -0.1) is 0 Å². The molecule has 0 saturated carbocycles. The third-order valence-electron chi connectivity index (χ3n) is 5.68. The summed E-state index contributed by atoms with van der Waals surface area (Å²) in [6, 6.07) is 15.5. The van der Waals surface area contributed by atoms with Crippen LogP contribution in [0.2, 0.25) is 0 Å². The summed E-state index contributed by atoms with van der Waals surface area (Å²) in [6.07, 6.45) is 0.493. The molecule has 170 valence electrons. The summed E-state index contributed by atoms with van der Waals surface area (Å²) in [5, 5.41) is 14.2. The number of rotatable bonds is 10. The van der Waals surface area contributed by atoms with E-state index in [1.807, 2.05) is 43.3 Å². The minimum absolute atomic E-state index is 0.0292. The summed E-state index contributed by atoms with van der Waals surface area (Å²) < 4.78 is 5.54. The fourth-order valence-electron chi connectivity index (χ4n) is 4.11. The van der Waals surface area contributed by atoms with Crippen molar-refractivity contribution in [1.29, 1.82) is 0 Å². The summed E-state index contributed by atoms with van der Waals surface area (Å²) in [7, 11) is 0. The van der Waals surface area contributed by atoms with Crippen LogP contribution < -0.4 is 10.6 Å². The molecule has 7 heteroatoms. The van der Waals surface area contributed by atoms with Gasteiger partial charge in [0.2, 0.25) is 5.91 Å². The van der Waals surface area contributed by atoms with E-state index in [2.05, 4.69) is 22.8 Å². The number of ether oxygens (including phenoxy) is 1. The van der Waals surface area contributed by atoms with Crippen LogP contribution in [0.3, 0.4) is 0 Å². The van der Waals surface area contributed by atoms with Crippen LogP contribution in [-0.2, 0) is 14.3 Å². The maximum Gasteiger partial charge on any atom is 0.407 e. The second-order valence-electron chi connectivity index (χ2n) is 8.26. The Kier molecular flexibility index (Phi) is 7.87. The standard InChI is InChI=1S/C25H30N2O5/c1-3-8-22(24(30)26-14-16(2)13-23(28)29)27-25(31)32-15-21-19-11-6-4-9-17(19)18-10-5-7-12-20(18)21/h4-7,9-12,16,21-22H,3,8,13-15H2,1-2H3,(H,26,30)(H,27,31)(H,28,29)/t16?,22-/m0/s1. The van der Waals surface area contributed by atoms with Gasteiger partial charge in [-0.25, -0.2) is 4.79 Å². The van der Waals surface area contributed by atoms with Crippen molar-refractivity contribution in [3.63, 3.8) is 0 Å². The Morgan fingerprint density at radius 2 is 1.62 bits per heavy atom. The zero-order chi connectivity index (χ0) is 23.1. The topological polar surface area (TPSA) is 105 Å². The van der Waals surface area contributed by atoms with Crippen LogP contribution in [-0.4, -0.2) is 42.3 Å². The van der Waals surface area contributed by atoms with Gasteiger partial charge in [0, 0.05) is 18.9 Å². The maximum absolute atomic E-state index is 12.5. The van der Waals surface area contributed by atoms with Crippen molar-refractivity contribution in [2.24, 2.45) is 5.92 Å². The third-order valence-corrected chi connectivity index (χ3v) is 5.68. The number of carboxylic acid groups (broad SMARTS) is 1. The zero-order valence-electron chi connectivity index (χ0n) is 18.5. The Hall–Kier alpha value is -3.35. The molecule has 3 rings (SSSR count). The Morgan fingerprint density at radius 3 is 2.19 bits per heavy atom. The lowest BCUT2D eigenvalue weighted by Gasteiger charge is -2.20. The van der Waals surface area contributed by atoms with E-state index in [0.29, 0.717) is 12.8 Å². The molecule has 0 heterocycles. The normalized spacial score (nSPS) is 14.1. The van der Waals surface area contributed by atoms with E-state index in [-0.39, 0.29) is 37.3 Å². The summed E-state index contributed by atoms with van der Waals surface area (Å²) in [5.74, 6) is -1.50. The van der Waals surface area contributed by atoms with Crippen LogP contribution in [0.15, 0.2) is 48.5 Å². The maximum atomic E-state index is 12.5. The van der Waals surface area contributed by atoms with E-state index in [1.165, 1.54) is 0 Å². The predicted octanol–water partition coefficient (Wildman–Crippen LogP) is 3.92. The van der Waals surface area contributed by atoms with Crippen molar-refractivity contribution in [2.45, 2.75) is 45.1 Å². The van der Waals surface area contributed by atoms with Crippen LogP contribution in [0.4, 0.5) is 4.79 Å². The number of alkyl carbamates (subject to hydrolysis) is 1. The molecule has 2 aromatic carbocycles. The minimum Gasteiger partial charge on any atom is -0.481 e. The SMILES string of the molecule is CCC[C@H](NC(=O)OCC1c2ccccc2-c2ccccc21)C(=O)NCC(C)CC(=O)O. The number of hydrogen-bond acceptors (Lipinski definition) is 4. The van der Waals surface area contributed by atoms with Gasteiger partial charge in [0.1, 0.15) is 12.6 Å². The first-order valence-corrected chi connectivity index (χ1v) is 11.0. The minimum atomic E-state index is -0.909. The molecule has 2 amide bonds. The highest BCUT2D eigenvalue weighted by Crippen LogP contribution is 2.44. The van der Waals surface area contributed by atoms with E-state index in [1.54, 1.807) is 6.92 Å². The predicted molar refractivity (Wildman–Crippen MR) is 121 cm³/mol. The lowest BCUT2D eigenvalue weighted by molar-refractivity contribution is -0.138. The second-order valence-corrected chi connectivity index (χ2v) is 8.26. The lowest BCUT2D eigenvalue weighted by Crippen LogP contribution is -2.48. The summed E-state index contributed by atoms with van der Waals surface area (Å²) in [5.41, 5.74) is 4.54. The summed E-state index contributed by atoms with van der Waals surface area (Å²) in [4.78, 5) is 35.8. The summed E-state index contributed by atoms with van der Waals surface area (Å²) >= 11 is 0. The number of fused-ring (bicyclic) bond motifs is 3. The van der Waals surface area contributed by atoms with E-state index in [4.69, 9.17) is 9.84 Å². The van der Waals surface area contributed by atoms with Gasteiger partial charge in [-0.3, -0.25) is 9.59 Å². The quantitative estimate of drug-likeness (QED) is 0.521. The molecular formula is C25H30N2O5. The van der Waals surface area contributed by atoms with Gasteiger partial charge >= 0.3 is 12.1 Å². The van der Waals surface area contributed by atoms with Crippen LogP contribution in [0.1, 0.15) is 50.2 Å². The smallest absolute Gasteiger partial charge is 0.407 e. The molecular weight excluding hydrogens is 408 g/mol. The highest BCUT2D eigenvalue weighted by Gasteiger charge is 2.29. The number of benzene rings is 2.